The van der Waals surface area contributed by atoms with Crippen molar-refractivity contribution in [1.29, 1.82) is 0 Å². The molecular formula is C10H16Cl2N4. The fraction of sp³-hybridized carbons (Fsp3) is 0.300. The molecule has 0 fully saturated rings. The Balaban J connectivity index is 0.00000112. The number of rotatable bonds is 1. The number of nitrogens with one attached hydrogen (secondary N) is 2. The fourth-order valence-electron chi connectivity index (χ4n) is 1.34. The van der Waals surface area contributed by atoms with Crippen LogP contribution in [0, 0.1) is 6.92 Å². The van der Waals surface area contributed by atoms with Crippen molar-refractivity contribution in [2.75, 3.05) is 24.1 Å². The summed E-state index contributed by atoms with van der Waals surface area (Å²) in [6.45, 7) is 3.73. The number of hydrogen-bond donors (Lipinski definition) is 3. The molecule has 0 unspecified atom stereocenters. The Morgan fingerprint density at radius 3 is 2.69 bits per heavy atom. The van der Waals surface area contributed by atoms with E-state index in [4.69, 9.17) is 5.73 Å². The molecule has 1 aliphatic heterocycles. The van der Waals surface area contributed by atoms with Crippen molar-refractivity contribution in [3.05, 3.63) is 23.8 Å². The van der Waals surface area contributed by atoms with Gasteiger partial charge in [0.05, 0.1) is 6.54 Å². The second kappa shape index (κ2) is 6.45. The van der Waals surface area contributed by atoms with Gasteiger partial charge < -0.3 is 16.4 Å². The molecule has 4 nitrogen and oxygen atoms in total. The average molecular weight is 263 g/mol. The molecular weight excluding hydrogens is 247 g/mol. The molecule has 90 valence electrons. The fourth-order valence-corrected chi connectivity index (χ4v) is 1.34. The van der Waals surface area contributed by atoms with Gasteiger partial charge in [-0.05, 0) is 24.6 Å². The Hall–Kier alpha value is -1.13. The van der Waals surface area contributed by atoms with Crippen LogP contribution in [-0.2, 0) is 0 Å². The summed E-state index contributed by atoms with van der Waals surface area (Å²) in [6, 6.07) is 5.90. The number of nitrogens with two attached hydrogens (primary N) is 1. The molecule has 0 atom stereocenters. The summed E-state index contributed by atoms with van der Waals surface area (Å²) in [4.78, 5) is 4.24. The lowest BCUT2D eigenvalue weighted by Gasteiger charge is -2.08. The third kappa shape index (κ3) is 3.47. The second-order valence-corrected chi connectivity index (χ2v) is 3.35. The van der Waals surface area contributed by atoms with Gasteiger partial charge >= 0.3 is 0 Å². The van der Waals surface area contributed by atoms with E-state index in [9.17, 15) is 0 Å². The normalized spacial score (nSPS) is 12.9. The highest BCUT2D eigenvalue weighted by Crippen LogP contribution is 2.16. The second-order valence-electron chi connectivity index (χ2n) is 3.35. The van der Waals surface area contributed by atoms with Crippen molar-refractivity contribution < 1.29 is 0 Å². The molecule has 0 aliphatic carbocycles. The summed E-state index contributed by atoms with van der Waals surface area (Å²) in [5, 5.41) is 6.30. The van der Waals surface area contributed by atoms with Gasteiger partial charge in [-0.3, -0.25) is 4.99 Å². The Bertz CT molecular complexity index is 379. The first kappa shape index (κ1) is 14.9. The van der Waals surface area contributed by atoms with Crippen LogP contribution in [0.1, 0.15) is 5.56 Å². The first-order valence-electron chi connectivity index (χ1n) is 4.67. The molecule has 0 amide bonds. The summed E-state index contributed by atoms with van der Waals surface area (Å²) in [6.07, 6.45) is 0. The molecule has 0 bridgehead atoms. The molecule has 1 aromatic rings. The zero-order valence-corrected chi connectivity index (χ0v) is 10.6. The van der Waals surface area contributed by atoms with Gasteiger partial charge in [0.1, 0.15) is 0 Å². The molecule has 16 heavy (non-hydrogen) atoms. The lowest BCUT2D eigenvalue weighted by Crippen LogP contribution is -2.26. The van der Waals surface area contributed by atoms with Crippen LogP contribution < -0.4 is 16.4 Å². The first-order chi connectivity index (χ1) is 6.75. The summed E-state index contributed by atoms with van der Waals surface area (Å²) >= 11 is 0. The molecule has 1 aromatic carbocycles. The zero-order valence-electron chi connectivity index (χ0n) is 8.99. The largest absolute Gasteiger partial charge is 0.398 e. The third-order valence-electron chi connectivity index (χ3n) is 2.22. The highest BCUT2D eigenvalue weighted by molar-refractivity contribution is 5.95. The minimum atomic E-state index is 0. The van der Waals surface area contributed by atoms with Crippen molar-refractivity contribution in [2.45, 2.75) is 6.92 Å². The molecule has 1 aliphatic rings. The monoisotopic (exact) mass is 262 g/mol. The molecule has 6 heteroatoms. The maximum absolute atomic E-state index is 5.79. The highest BCUT2D eigenvalue weighted by Gasteiger charge is 2.04. The number of nitrogen functional groups attached to an aromatic ring is 1. The van der Waals surface area contributed by atoms with E-state index in [1.165, 1.54) is 0 Å². The maximum atomic E-state index is 5.79. The van der Waals surface area contributed by atoms with Crippen LogP contribution in [-0.4, -0.2) is 19.0 Å². The summed E-state index contributed by atoms with van der Waals surface area (Å²) in [5.41, 5.74) is 8.66. The van der Waals surface area contributed by atoms with Gasteiger partial charge in [0.2, 0.25) is 0 Å². The van der Waals surface area contributed by atoms with E-state index in [1.54, 1.807) is 0 Å². The Kier molecular flexibility index (Phi) is 6.00. The molecule has 1 heterocycles. The SMILES string of the molecule is Cc1ccc(NC2=NCCN2)cc1N.Cl.Cl. The predicted octanol–water partition coefficient (Wildman–Crippen LogP) is 1.79. The molecule has 0 radical (unpaired) electrons. The quantitative estimate of drug-likeness (QED) is 0.677. The van der Waals surface area contributed by atoms with E-state index in [2.05, 4.69) is 15.6 Å². The van der Waals surface area contributed by atoms with Crippen molar-refractivity contribution in [2.24, 2.45) is 4.99 Å². The number of anilines is 2. The van der Waals surface area contributed by atoms with E-state index in [-0.39, 0.29) is 24.8 Å². The Morgan fingerprint density at radius 1 is 1.38 bits per heavy atom. The predicted molar refractivity (Wildman–Crippen MR) is 74.0 cm³/mol. The molecule has 4 N–H and O–H groups in total. The smallest absolute Gasteiger partial charge is 0.195 e. The molecule has 0 saturated carbocycles. The standard InChI is InChI=1S/C10H14N4.2ClH/c1-7-2-3-8(6-9(7)11)14-10-12-4-5-13-10;;/h2-3,6H,4-5,11H2,1H3,(H2,12,13,14);2*1H. The van der Waals surface area contributed by atoms with Crippen molar-refractivity contribution >= 4 is 42.1 Å². The van der Waals surface area contributed by atoms with E-state index in [0.29, 0.717) is 0 Å². The van der Waals surface area contributed by atoms with Gasteiger partial charge in [0.15, 0.2) is 5.96 Å². The van der Waals surface area contributed by atoms with Crippen molar-refractivity contribution in [1.82, 2.24) is 5.32 Å². The zero-order chi connectivity index (χ0) is 9.97. The van der Waals surface area contributed by atoms with Crippen LogP contribution in [0.2, 0.25) is 0 Å². The van der Waals surface area contributed by atoms with Gasteiger partial charge in [-0.25, -0.2) is 0 Å². The number of halogens is 2. The van der Waals surface area contributed by atoms with E-state index < -0.39 is 0 Å². The summed E-state index contributed by atoms with van der Waals surface area (Å²) in [7, 11) is 0. The lowest BCUT2D eigenvalue weighted by molar-refractivity contribution is 0.959. The lowest BCUT2D eigenvalue weighted by atomic mass is 10.2. The van der Waals surface area contributed by atoms with Gasteiger partial charge in [0, 0.05) is 17.9 Å². The maximum Gasteiger partial charge on any atom is 0.195 e. The van der Waals surface area contributed by atoms with E-state index in [1.807, 2.05) is 25.1 Å². The van der Waals surface area contributed by atoms with E-state index >= 15 is 0 Å². The van der Waals surface area contributed by atoms with Crippen LogP contribution in [0.15, 0.2) is 23.2 Å². The van der Waals surface area contributed by atoms with Crippen LogP contribution in [0.3, 0.4) is 0 Å². The number of nitrogens with zero attached hydrogens (tertiary/aromatic N) is 1. The Morgan fingerprint density at radius 2 is 2.12 bits per heavy atom. The van der Waals surface area contributed by atoms with Gasteiger partial charge in [0.25, 0.3) is 0 Å². The van der Waals surface area contributed by atoms with Gasteiger partial charge in [-0.2, -0.15) is 0 Å². The molecule has 2 rings (SSSR count). The topological polar surface area (TPSA) is 62.4 Å². The van der Waals surface area contributed by atoms with E-state index in [0.717, 1.165) is 36.0 Å². The number of guanidine groups is 1. The van der Waals surface area contributed by atoms with Crippen LogP contribution in [0.4, 0.5) is 11.4 Å². The summed E-state index contributed by atoms with van der Waals surface area (Å²) < 4.78 is 0. The van der Waals surface area contributed by atoms with Crippen LogP contribution in [0.5, 0.6) is 0 Å². The van der Waals surface area contributed by atoms with Crippen molar-refractivity contribution in [3.8, 4) is 0 Å². The molecule has 0 saturated heterocycles. The number of benzene rings is 1. The highest BCUT2D eigenvalue weighted by atomic mass is 35.5. The first-order valence-corrected chi connectivity index (χ1v) is 4.67. The summed E-state index contributed by atoms with van der Waals surface area (Å²) in [5.74, 6) is 0.827. The van der Waals surface area contributed by atoms with Crippen LogP contribution in [0.25, 0.3) is 0 Å². The number of hydrogen-bond acceptors (Lipinski definition) is 4. The number of aryl methyl sites for hydroxylation is 1. The minimum absolute atomic E-state index is 0. The number of aliphatic imine (C=N–C) groups is 1. The van der Waals surface area contributed by atoms with Crippen LogP contribution >= 0.6 is 24.8 Å². The molecule has 0 spiro atoms. The van der Waals surface area contributed by atoms with Gasteiger partial charge in [-0.15, -0.1) is 24.8 Å². The minimum Gasteiger partial charge on any atom is -0.398 e. The average Bonchev–Trinajstić information content (AvgIpc) is 2.64. The van der Waals surface area contributed by atoms with Gasteiger partial charge in [-0.1, -0.05) is 6.07 Å². The third-order valence-corrected chi connectivity index (χ3v) is 2.22. The van der Waals surface area contributed by atoms with Crippen molar-refractivity contribution in [3.63, 3.8) is 0 Å². The Labute approximate surface area is 108 Å². The molecule has 0 aromatic heterocycles.